The number of hydrogen-bond acceptors (Lipinski definition) is 6. The Balaban J connectivity index is 1.87. The fourth-order valence-corrected chi connectivity index (χ4v) is 2.90. The molecule has 1 saturated heterocycles. The third kappa shape index (κ3) is 4.51. The van der Waals surface area contributed by atoms with Crippen molar-refractivity contribution in [3.8, 4) is 0 Å². The molecule has 22 heavy (non-hydrogen) atoms. The summed E-state index contributed by atoms with van der Waals surface area (Å²) in [6.45, 7) is 9.75. The Morgan fingerprint density at radius 3 is 2.68 bits per heavy atom. The SMILES string of the molecule is C[C@@H]1CN(C(=O)OC(C)(C)C)CCN1CC(=O)c1nccs1. The number of Topliss-reactive ketones (excluding diaryl/α,β-unsaturated/α-hetero) is 1. The molecule has 1 aliphatic heterocycles. The molecule has 1 amide bonds. The third-order valence-corrected chi connectivity index (χ3v) is 4.25. The standard InChI is InChI=1S/C15H23N3O3S/c1-11-9-18(14(20)21-15(2,3)4)7-6-17(11)10-12(19)13-16-5-8-22-13/h5,8,11H,6-7,9-10H2,1-4H3/t11-/m1/s1. The van der Waals surface area contributed by atoms with Gasteiger partial charge >= 0.3 is 6.09 Å². The second-order valence-electron chi connectivity index (χ2n) is 6.51. The highest BCUT2D eigenvalue weighted by atomic mass is 32.1. The summed E-state index contributed by atoms with van der Waals surface area (Å²) < 4.78 is 5.39. The van der Waals surface area contributed by atoms with E-state index in [1.54, 1.807) is 16.5 Å². The summed E-state index contributed by atoms with van der Waals surface area (Å²) in [5.74, 6) is 0.0348. The number of thiazole rings is 1. The average molecular weight is 325 g/mol. The topological polar surface area (TPSA) is 62.7 Å². The summed E-state index contributed by atoms with van der Waals surface area (Å²) in [6, 6.07) is 0.116. The summed E-state index contributed by atoms with van der Waals surface area (Å²) >= 11 is 1.36. The minimum absolute atomic E-state index is 0.0348. The summed E-state index contributed by atoms with van der Waals surface area (Å²) in [4.78, 5) is 32.1. The molecule has 1 aromatic rings. The maximum absolute atomic E-state index is 12.1. The van der Waals surface area contributed by atoms with E-state index in [1.165, 1.54) is 11.3 Å². The lowest BCUT2D eigenvalue weighted by Gasteiger charge is -2.39. The number of amides is 1. The minimum atomic E-state index is -0.488. The molecule has 1 fully saturated rings. The van der Waals surface area contributed by atoms with Crippen molar-refractivity contribution in [3.63, 3.8) is 0 Å². The normalized spacial score (nSPS) is 20.0. The van der Waals surface area contributed by atoms with Gasteiger partial charge in [-0.15, -0.1) is 11.3 Å². The number of carbonyl (C=O) groups excluding carboxylic acids is 2. The minimum Gasteiger partial charge on any atom is -0.444 e. The van der Waals surface area contributed by atoms with Crippen LogP contribution in [0.25, 0.3) is 0 Å². The zero-order valence-electron chi connectivity index (χ0n) is 13.5. The van der Waals surface area contributed by atoms with Gasteiger partial charge in [0.15, 0.2) is 5.01 Å². The van der Waals surface area contributed by atoms with Crippen molar-refractivity contribution >= 4 is 23.2 Å². The van der Waals surface area contributed by atoms with Gasteiger partial charge in [-0.2, -0.15) is 0 Å². The average Bonchev–Trinajstić information content (AvgIpc) is 2.93. The van der Waals surface area contributed by atoms with E-state index in [1.807, 2.05) is 27.7 Å². The number of ether oxygens (including phenoxy) is 1. The zero-order chi connectivity index (χ0) is 16.3. The quantitative estimate of drug-likeness (QED) is 0.798. The second kappa shape index (κ2) is 6.75. The molecule has 0 unspecified atom stereocenters. The van der Waals surface area contributed by atoms with Crippen molar-refractivity contribution in [1.29, 1.82) is 0 Å². The summed E-state index contributed by atoms with van der Waals surface area (Å²) in [5.41, 5.74) is -0.488. The number of rotatable bonds is 3. The number of piperazine rings is 1. The monoisotopic (exact) mass is 325 g/mol. The van der Waals surface area contributed by atoms with Crippen molar-refractivity contribution in [2.45, 2.75) is 39.3 Å². The Kier molecular flexibility index (Phi) is 5.18. The molecule has 2 rings (SSSR count). The summed E-state index contributed by atoms with van der Waals surface area (Å²) in [5, 5.41) is 2.35. The van der Waals surface area contributed by atoms with E-state index in [4.69, 9.17) is 4.74 Å². The van der Waals surface area contributed by atoms with Crippen molar-refractivity contribution in [1.82, 2.24) is 14.8 Å². The van der Waals surface area contributed by atoms with Gasteiger partial charge in [-0.3, -0.25) is 9.69 Å². The predicted octanol–water partition coefficient (Wildman–Crippen LogP) is 2.27. The molecule has 1 aliphatic rings. The molecule has 1 atom stereocenters. The van der Waals surface area contributed by atoms with Crippen LogP contribution in [0.4, 0.5) is 4.79 Å². The number of aromatic nitrogens is 1. The Morgan fingerprint density at radius 1 is 1.41 bits per heavy atom. The van der Waals surface area contributed by atoms with E-state index in [9.17, 15) is 9.59 Å². The first-order chi connectivity index (χ1) is 10.3. The van der Waals surface area contributed by atoms with E-state index in [-0.39, 0.29) is 17.9 Å². The molecule has 0 aliphatic carbocycles. The highest BCUT2D eigenvalue weighted by Gasteiger charge is 2.30. The lowest BCUT2D eigenvalue weighted by atomic mass is 10.1. The summed E-state index contributed by atoms with van der Waals surface area (Å²) in [7, 11) is 0. The van der Waals surface area contributed by atoms with Crippen LogP contribution in [0.3, 0.4) is 0 Å². The van der Waals surface area contributed by atoms with Gasteiger partial charge in [0.1, 0.15) is 5.60 Å². The van der Waals surface area contributed by atoms with Gasteiger partial charge in [0.2, 0.25) is 5.78 Å². The molecular formula is C15H23N3O3S. The van der Waals surface area contributed by atoms with Crippen LogP contribution in [-0.2, 0) is 4.74 Å². The molecule has 0 aromatic carbocycles. The highest BCUT2D eigenvalue weighted by Crippen LogP contribution is 2.16. The first-order valence-corrected chi connectivity index (χ1v) is 8.29. The number of carbonyl (C=O) groups is 2. The number of ketones is 1. The van der Waals surface area contributed by atoms with Gasteiger partial charge in [-0.1, -0.05) is 0 Å². The molecule has 0 N–H and O–H groups in total. The van der Waals surface area contributed by atoms with E-state index in [0.717, 1.165) is 0 Å². The Bertz CT molecular complexity index is 525. The lowest BCUT2D eigenvalue weighted by molar-refractivity contribution is 0.00658. The molecular weight excluding hydrogens is 302 g/mol. The Hall–Kier alpha value is -1.47. The van der Waals surface area contributed by atoms with Crippen LogP contribution in [0.5, 0.6) is 0 Å². The van der Waals surface area contributed by atoms with Gasteiger partial charge in [-0.05, 0) is 27.7 Å². The third-order valence-electron chi connectivity index (χ3n) is 3.43. The molecule has 0 spiro atoms. The van der Waals surface area contributed by atoms with Crippen LogP contribution in [0, 0.1) is 0 Å². The molecule has 1 aromatic heterocycles. The molecule has 7 heteroatoms. The Labute approximate surface area is 135 Å². The van der Waals surface area contributed by atoms with Crippen molar-refractivity contribution in [3.05, 3.63) is 16.6 Å². The molecule has 6 nitrogen and oxygen atoms in total. The van der Waals surface area contributed by atoms with Gasteiger partial charge < -0.3 is 9.64 Å². The molecule has 2 heterocycles. The first kappa shape index (κ1) is 16.9. The largest absolute Gasteiger partial charge is 0.444 e. The van der Waals surface area contributed by atoms with Gasteiger partial charge in [0.05, 0.1) is 6.54 Å². The summed E-state index contributed by atoms with van der Waals surface area (Å²) in [6.07, 6.45) is 1.35. The van der Waals surface area contributed by atoms with Crippen LogP contribution >= 0.6 is 11.3 Å². The highest BCUT2D eigenvalue weighted by molar-refractivity contribution is 7.11. The van der Waals surface area contributed by atoms with Crippen LogP contribution in [0.15, 0.2) is 11.6 Å². The van der Waals surface area contributed by atoms with Crippen molar-refractivity contribution in [2.24, 2.45) is 0 Å². The van der Waals surface area contributed by atoms with E-state index in [2.05, 4.69) is 9.88 Å². The smallest absolute Gasteiger partial charge is 0.410 e. The molecule has 0 bridgehead atoms. The Morgan fingerprint density at radius 2 is 2.14 bits per heavy atom. The van der Waals surface area contributed by atoms with Crippen molar-refractivity contribution < 1.29 is 14.3 Å². The lowest BCUT2D eigenvalue weighted by Crippen LogP contribution is -2.55. The molecule has 122 valence electrons. The van der Waals surface area contributed by atoms with Gasteiger partial charge in [0.25, 0.3) is 0 Å². The van der Waals surface area contributed by atoms with Crippen LogP contribution in [0.1, 0.15) is 37.5 Å². The predicted molar refractivity (Wildman–Crippen MR) is 85.3 cm³/mol. The van der Waals surface area contributed by atoms with Gasteiger partial charge in [0, 0.05) is 37.3 Å². The van der Waals surface area contributed by atoms with Crippen LogP contribution < -0.4 is 0 Å². The van der Waals surface area contributed by atoms with E-state index < -0.39 is 5.60 Å². The van der Waals surface area contributed by atoms with Gasteiger partial charge in [-0.25, -0.2) is 9.78 Å². The first-order valence-electron chi connectivity index (χ1n) is 7.41. The van der Waals surface area contributed by atoms with Crippen LogP contribution in [-0.4, -0.2) is 64.5 Å². The van der Waals surface area contributed by atoms with E-state index in [0.29, 0.717) is 31.2 Å². The molecule has 0 saturated carbocycles. The maximum atomic E-state index is 12.1. The van der Waals surface area contributed by atoms with Crippen molar-refractivity contribution in [2.75, 3.05) is 26.2 Å². The zero-order valence-corrected chi connectivity index (χ0v) is 14.4. The number of nitrogens with zero attached hydrogens (tertiary/aromatic N) is 3. The van der Waals surface area contributed by atoms with Crippen LogP contribution in [0.2, 0.25) is 0 Å². The second-order valence-corrected chi connectivity index (χ2v) is 7.40. The van der Waals surface area contributed by atoms with E-state index >= 15 is 0 Å². The maximum Gasteiger partial charge on any atom is 0.410 e. The fraction of sp³-hybridized carbons (Fsp3) is 0.667. The molecule has 0 radical (unpaired) electrons. The number of hydrogen-bond donors (Lipinski definition) is 0. The fourth-order valence-electron chi connectivity index (χ4n) is 2.34.